The molecule has 1 aliphatic heterocycles. The molecule has 2 aromatic rings. The van der Waals surface area contributed by atoms with Gasteiger partial charge >= 0.3 is 6.36 Å². The highest BCUT2D eigenvalue weighted by atomic mass is 32.1. The molecule has 0 bridgehead atoms. The first-order valence-electron chi connectivity index (χ1n) is 9.52. The summed E-state index contributed by atoms with van der Waals surface area (Å²) in [5.74, 6) is -1.59. The topological polar surface area (TPSA) is 74.9 Å². The SMILES string of the molecule is NC(=S)N/N=C/c1cc(F)c(N2CC[C@@H](NCc3ccccc3OC(F)(F)F)C2)cc1F. The van der Waals surface area contributed by atoms with Crippen molar-refractivity contribution in [1.82, 2.24) is 10.7 Å². The quantitative estimate of drug-likeness (QED) is 0.248. The molecule has 0 aromatic heterocycles. The maximum Gasteiger partial charge on any atom is 0.573 e. The van der Waals surface area contributed by atoms with E-state index in [-0.39, 0.29) is 34.7 Å². The minimum atomic E-state index is -4.79. The second-order valence-electron chi connectivity index (χ2n) is 7.03. The predicted octanol–water partition coefficient (Wildman–Crippen LogP) is 3.40. The molecule has 172 valence electrons. The second-order valence-corrected chi connectivity index (χ2v) is 7.47. The highest BCUT2D eigenvalue weighted by Crippen LogP contribution is 2.28. The molecule has 6 nitrogen and oxygen atoms in total. The van der Waals surface area contributed by atoms with Crippen molar-refractivity contribution < 1.29 is 26.7 Å². The fraction of sp³-hybridized carbons (Fsp3) is 0.300. The maximum atomic E-state index is 14.6. The van der Waals surface area contributed by atoms with Crippen molar-refractivity contribution in [3.63, 3.8) is 0 Å². The summed E-state index contributed by atoms with van der Waals surface area (Å²) in [6.07, 6.45) is -3.12. The molecule has 4 N–H and O–H groups in total. The summed E-state index contributed by atoms with van der Waals surface area (Å²) >= 11 is 4.57. The van der Waals surface area contributed by atoms with Crippen molar-refractivity contribution in [1.29, 1.82) is 0 Å². The number of nitrogens with one attached hydrogen (secondary N) is 2. The zero-order valence-electron chi connectivity index (χ0n) is 16.6. The molecule has 1 atom stereocenters. The molecule has 2 aromatic carbocycles. The van der Waals surface area contributed by atoms with Gasteiger partial charge in [-0.2, -0.15) is 5.10 Å². The summed E-state index contributed by atoms with van der Waals surface area (Å²) in [6.45, 7) is 0.938. The molecule has 12 heteroatoms. The summed E-state index contributed by atoms with van der Waals surface area (Å²) in [7, 11) is 0. The van der Waals surface area contributed by atoms with Crippen LogP contribution < -0.4 is 26.1 Å². The Morgan fingerprint density at radius 3 is 2.72 bits per heavy atom. The minimum Gasteiger partial charge on any atom is -0.405 e. The summed E-state index contributed by atoms with van der Waals surface area (Å²) in [4.78, 5) is 1.67. The normalized spacial score (nSPS) is 16.5. The van der Waals surface area contributed by atoms with Crippen LogP contribution in [0.25, 0.3) is 0 Å². The van der Waals surface area contributed by atoms with Crippen LogP contribution in [-0.4, -0.2) is 36.8 Å². The smallest absolute Gasteiger partial charge is 0.405 e. The van der Waals surface area contributed by atoms with Crippen molar-refractivity contribution >= 4 is 29.2 Å². The molecule has 1 saturated heterocycles. The first-order valence-corrected chi connectivity index (χ1v) is 9.93. The van der Waals surface area contributed by atoms with E-state index in [1.807, 2.05) is 0 Å². The number of nitrogens with two attached hydrogens (primary N) is 1. The van der Waals surface area contributed by atoms with Gasteiger partial charge in [-0.25, -0.2) is 8.78 Å². The first-order chi connectivity index (χ1) is 15.1. The number of thiocarbonyl (C=S) groups is 1. The van der Waals surface area contributed by atoms with Gasteiger partial charge in [0.2, 0.25) is 0 Å². The summed E-state index contributed by atoms with van der Waals surface area (Å²) in [6, 6.07) is 7.79. The number of anilines is 1. The van der Waals surface area contributed by atoms with E-state index in [0.717, 1.165) is 18.3 Å². The van der Waals surface area contributed by atoms with Crippen LogP contribution in [0.15, 0.2) is 41.5 Å². The molecular formula is C20H20F5N5OS. The number of hydrogen-bond acceptors (Lipinski definition) is 5. The average Bonchev–Trinajstić information content (AvgIpc) is 3.17. The molecule has 1 heterocycles. The van der Waals surface area contributed by atoms with Gasteiger partial charge in [-0.3, -0.25) is 5.43 Å². The van der Waals surface area contributed by atoms with Crippen molar-refractivity contribution in [2.75, 3.05) is 18.0 Å². The second kappa shape index (κ2) is 10.1. The Hall–Kier alpha value is -2.99. The minimum absolute atomic E-state index is 0.0786. The van der Waals surface area contributed by atoms with Gasteiger partial charge in [-0.15, -0.1) is 13.2 Å². The van der Waals surface area contributed by atoms with E-state index in [2.05, 4.69) is 32.8 Å². The van der Waals surface area contributed by atoms with Gasteiger partial charge in [-0.05, 0) is 30.8 Å². The third-order valence-electron chi connectivity index (χ3n) is 4.75. The molecule has 1 aliphatic rings. The highest BCUT2D eigenvalue weighted by molar-refractivity contribution is 7.80. The van der Waals surface area contributed by atoms with Gasteiger partial charge in [0.15, 0.2) is 5.11 Å². The van der Waals surface area contributed by atoms with E-state index in [1.165, 1.54) is 18.2 Å². The number of benzene rings is 2. The van der Waals surface area contributed by atoms with Crippen molar-refractivity contribution in [2.45, 2.75) is 25.4 Å². The Morgan fingerprint density at radius 1 is 1.25 bits per heavy atom. The van der Waals surface area contributed by atoms with Crippen molar-refractivity contribution in [3.8, 4) is 5.75 Å². The number of para-hydroxylation sites is 1. The first kappa shape index (κ1) is 23.7. The third kappa shape index (κ3) is 6.50. The number of hydrazone groups is 1. The standard InChI is InChI=1S/C20H20F5N5OS/c21-15-8-17(16(22)7-13(15)10-28-29-19(26)32)30-6-5-14(11-30)27-9-12-3-1-2-4-18(12)31-20(23,24)25/h1-4,7-8,10,14,27H,5-6,9,11H2,(H3,26,29,32)/b28-10+/t14-/m1/s1. The largest absolute Gasteiger partial charge is 0.573 e. The Balaban J connectivity index is 1.62. The van der Waals surface area contributed by atoms with Crippen molar-refractivity contribution in [2.24, 2.45) is 10.8 Å². The van der Waals surface area contributed by atoms with E-state index in [1.54, 1.807) is 11.0 Å². The molecule has 1 fully saturated rings. The molecule has 3 rings (SSSR count). The van der Waals surface area contributed by atoms with Gasteiger partial charge in [0, 0.05) is 42.9 Å². The lowest BCUT2D eigenvalue weighted by atomic mass is 10.1. The molecule has 0 spiro atoms. The van der Waals surface area contributed by atoms with E-state index in [0.29, 0.717) is 25.1 Å². The molecule has 32 heavy (non-hydrogen) atoms. The van der Waals surface area contributed by atoms with Gasteiger partial charge < -0.3 is 20.7 Å². The van der Waals surface area contributed by atoms with Crippen LogP contribution in [0.5, 0.6) is 5.75 Å². The summed E-state index contributed by atoms with van der Waals surface area (Å²) in [5, 5.41) is 6.65. The van der Waals surface area contributed by atoms with Crippen LogP contribution in [0.3, 0.4) is 0 Å². The van der Waals surface area contributed by atoms with E-state index in [4.69, 9.17) is 5.73 Å². The van der Waals surface area contributed by atoms with E-state index >= 15 is 0 Å². The number of rotatable bonds is 7. The lowest BCUT2D eigenvalue weighted by Crippen LogP contribution is -2.32. The van der Waals surface area contributed by atoms with Crippen LogP contribution in [0, 0.1) is 11.6 Å². The molecule has 0 radical (unpaired) electrons. The van der Waals surface area contributed by atoms with E-state index in [9.17, 15) is 22.0 Å². The molecule has 0 saturated carbocycles. The van der Waals surface area contributed by atoms with Crippen molar-refractivity contribution in [3.05, 3.63) is 59.2 Å². The van der Waals surface area contributed by atoms with Crippen LogP contribution in [0.2, 0.25) is 0 Å². The molecule has 0 unspecified atom stereocenters. The molecular weight excluding hydrogens is 453 g/mol. The van der Waals surface area contributed by atoms with Gasteiger partial charge in [0.1, 0.15) is 17.4 Å². The monoisotopic (exact) mass is 473 g/mol. The van der Waals surface area contributed by atoms with Crippen LogP contribution in [0.4, 0.5) is 27.6 Å². The number of alkyl halides is 3. The number of hydrogen-bond donors (Lipinski definition) is 3. The van der Waals surface area contributed by atoms with Gasteiger partial charge in [0.05, 0.1) is 11.9 Å². The Kier molecular flexibility index (Phi) is 7.46. The molecule has 0 aliphatic carbocycles. The van der Waals surface area contributed by atoms with E-state index < -0.39 is 18.0 Å². The zero-order chi connectivity index (χ0) is 23.3. The fourth-order valence-electron chi connectivity index (χ4n) is 3.33. The average molecular weight is 473 g/mol. The third-order valence-corrected chi connectivity index (χ3v) is 4.84. The maximum absolute atomic E-state index is 14.6. The Bertz CT molecular complexity index is 1000. The van der Waals surface area contributed by atoms with Crippen LogP contribution >= 0.6 is 12.2 Å². The number of nitrogens with zero attached hydrogens (tertiary/aromatic N) is 2. The van der Waals surface area contributed by atoms with Gasteiger partial charge in [-0.1, -0.05) is 18.2 Å². The lowest BCUT2D eigenvalue weighted by molar-refractivity contribution is -0.274. The Morgan fingerprint density at radius 2 is 2.00 bits per heavy atom. The zero-order valence-corrected chi connectivity index (χ0v) is 17.4. The van der Waals surface area contributed by atoms with Crippen LogP contribution in [-0.2, 0) is 6.54 Å². The van der Waals surface area contributed by atoms with Gasteiger partial charge in [0.25, 0.3) is 0 Å². The number of halogens is 5. The summed E-state index contributed by atoms with van der Waals surface area (Å²) in [5.41, 5.74) is 7.82. The fourth-order valence-corrected chi connectivity index (χ4v) is 3.39. The van der Waals surface area contributed by atoms with Crippen LogP contribution in [0.1, 0.15) is 17.5 Å². The summed E-state index contributed by atoms with van der Waals surface area (Å²) < 4.78 is 70.7. The lowest BCUT2D eigenvalue weighted by Gasteiger charge is -2.21. The highest BCUT2D eigenvalue weighted by Gasteiger charge is 2.32. The molecule has 0 amide bonds. The number of ether oxygens (including phenoxy) is 1. The Labute approximate surface area is 186 Å². The predicted molar refractivity (Wildman–Crippen MR) is 114 cm³/mol.